The van der Waals surface area contributed by atoms with E-state index in [1.54, 1.807) is 25.2 Å². The van der Waals surface area contributed by atoms with Crippen LogP contribution in [0.25, 0.3) is 0 Å². The molecule has 1 amide bonds. The highest BCUT2D eigenvalue weighted by Crippen LogP contribution is 2.27. The van der Waals surface area contributed by atoms with Gasteiger partial charge in [-0.2, -0.15) is 0 Å². The van der Waals surface area contributed by atoms with Crippen molar-refractivity contribution >= 4 is 39.4 Å². The molecule has 0 bridgehead atoms. The molecule has 0 atom stereocenters. The molecule has 1 rings (SSSR count). The lowest BCUT2D eigenvalue weighted by Gasteiger charge is -2.17. The summed E-state index contributed by atoms with van der Waals surface area (Å²) in [6.07, 6.45) is 0.151. The van der Waals surface area contributed by atoms with Crippen LogP contribution in [0.4, 0.5) is 0 Å². The summed E-state index contributed by atoms with van der Waals surface area (Å²) in [5.41, 5.74) is 0. The van der Waals surface area contributed by atoms with Gasteiger partial charge in [-0.05, 0) is 18.2 Å². The number of methoxy groups -OCH3 is 1. The van der Waals surface area contributed by atoms with Crippen LogP contribution in [0.1, 0.15) is 6.42 Å². The Balaban J connectivity index is 2.44. The number of nitrogens with zero attached hydrogens (tertiary/aromatic N) is 1. The lowest BCUT2D eigenvalue weighted by Crippen LogP contribution is -2.33. The minimum atomic E-state index is -0.360. The number of hydrogen-bond donors (Lipinski definition) is 0. The molecule has 0 aliphatic carbocycles. The van der Waals surface area contributed by atoms with E-state index in [0.29, 0.717) is 10.8 Å². The summed E-state index contributed by atoms with van der Waals surface area (Å²) >= 11 is 9.25. The van der Waals surface area contributed by atoms with Gasteiger partial charge in [0.25, 0.3) is 5.91 Å². The van der Waals surface area contributed by atoms with E-state index >= 15 is 0 Å². The van der Waals surface area contributed by atoms with Crippen LogP contribution >= 0.6 is 27.5 Å². The first-order valence-electron chi connectivity index (χ1n) is 5.82. The van der Waals surface area contributed by atoms with Gasteiger partial charge in [0, 0.05) is 18.1 Å². The Morgan fingerprint density at radius 2 is 2.10 bits per heavy atom. The first-order chi connectivity index (χ1) is 9.43. The molecule has 110 valence electrons. The van der Waals surface area contributed by atoms with Gasteiger partial charge in [-0.1, -0.05) is 27.5 Å². The Morgan fingerprint density at radius 1 is 1.40 bits per heavy atom. The van der Waals surface area contributed by atoms with Crippen molar-refractivity contribution in [3.8, 4) is 5.75 Å². The summed E-state index contributed by atoms with van der Waals surface area (Å²) in [6.45, 7) is 0.141. The fraction of sp³-hybridized carbons (Fsp3) is 0.385. The molecule has 0 aliphatic heterocycles. The number of rotatable bonds is 6. The molecule has 0 aromatic heterocycles. The SMILES string of the molecule is COC(=O)CCN(C)C(=O)COc1ccc(Br)cc1Cl. The lowest BCUT2D eigenvalue weighted by atomic mass is 10.3. The Hall–Kier alpha value is -1.27. The zero-order valence-electron chi connectivity index (χ0n) is 11.2. The number of halogens is 2. The van der Waals surface area contributed by atoms with Crippen LogP contribution in [-0.4, -0.2) is 44.1 Å². The number of likely N-dealkylation sites (N-methyl/N-ethyl adjacent to an activating group) is 1. The molecule has 20 heavy (non-hydrogen) atoms. The van der Waals surface area contributed by atoms with Crippen LogP contribution in [0.3, 0.4) is 0 Å². The average Bonchev–Trinajstić information content (AvgIpc) is 2.42. The van der Waals surface area contributed by atoms with Crippen molar-refractivity contribution in [1.29, 1.82) is 0 Å². The average molecular weight is 365 g/mol. The van der Waals surface area contributed by atoms with Crippen LogP contribution in [-0.2, 0) is 14.3 Å². The van der Waals surface area contributed by atoms with Gasteiger partial charge in [0.1, 0.15) is 5.75 Å². The van der Waals surface area contributed by atoms with E-state index in [2.05, 4.69) is 20.7 Å². The van der Waals surface area contributed by atoms with Crippen LogP contribution in [0.2, 0.25) is 5.02 Å². The van der Waals surface area contributed by atoms with Crippen molar-refractivity contribution in [1.82, 2.24) is 4.90 Å². The summed E-state index contributed by atoms with van der Waals surface area (Å²) < 4.78 is 10.7. The Kier molecular flexibility index (Phi) is 6.81. The fourth-order valence-electron chi connectivity index (χ4n) is 1.33. The van der Waals surface area contributed by atoms with Crippen LogP contribution in [0.15, 0.2) is 22.7 Å². The van der Waals surface area contributed by atoms with Gasteiger partial charge in [-0.25, -0.2) is 0 Å². The van der Waals surface area contributed by atoms with Crippen LogP contribution in [0, 0.1) is 0 Å². The predicted molar refractivity (Wildman–Crippen MR) is 78.9 cm³/mol. The normalized spacial score (nSPS) is 10.0. The summed E-state index contributed by atoms with van der Waals surface area (Å²) in [5.74, 6) is -0.168. The van der Waals surface area contributed by atoms with Gasteiger partial charge in [-0.15, -0.1) is 0 Å². The largest absolute Gasteiger partial charge is 0.482 e. The quantitative estimate of drug-likeness (QED) is 0.728. The molecule has 1 aromatic rings. The molecule has 0 fully saturated rings. The Bertz CT molecular complexity index is 495. The van der Waals surface area contributed by atoms with Crippen molar-refractivity contribution in [2.75, 3.05) is 27.3 Å². The number of ether oxygens (including phenoxy) is 2. The maximum atomic E-state index is 11.8. The van der Waals surface area contributed by atoms with E-state index in [1.807, 2.05) is 0 Å². The predicted octanol–water partition coefficient (Wildman–Crippen LogP) is 2.50. The Morgan fingerprint density at radius 3 is 2.70 bits per heavy atom. The molecule has 0 N–H and O–H groups in total. The molecule has 0 aliphatic rings. The van der Waals surface area contributed by atoms with Gasteiger partial charge in [0.15, 0.2) is 6.61 Å². The topological polar surface area (TPSA) is 55.8 Å². The van der Waals surface area contributed by atoms with E-state index in [4.69, 9.17) is 16.3 Å². The zero-order valence-corrected chi connectivity index (χ0v) is 13.5. The summed E-state index contributed by atoms with van der Waals surface area (Å²) in [6, 6.07) is 5.13. The second-order valence-corrected chi connectivity index (χ2v) is 5.33. The van der Waals surface area contributed by atoms with Gasteiger partial charge in [-0.3, -0.25) is 9.59 Å². The van der Waals surface area contributed by atoms with E-state index in [1.165, 1.54) is 12.0 Å². The van der Waals surface area contributed by atoms with Gasteiger partial charge >= 0.3 is 5.97 Å². The van der Waals surface area contributed by atoms with E-state index in [0.717, 1.165) is 4.47 Å². The second kappa shape index (κ2) is 8.11. The van der Waals surface area contributed by atoms with Gasteiger partial charge in [0.2, 0.25) is 0 Å². The van der Waals surface area contributed by atoms with E-state index < -0.39 is 0 Å². The maximum Gasteiger partial charge on any atom is 0.307 e. The molecule has 0 saturated carbocycles. The van der Waals surface area contributed by atoms with Crippen LogP contribution < -0.4 is 4.74 Å². The number of benzene rings is 1. The van der Waals surface area contributed by atoms with Gasteiger partial charge in [0.05, 0.1) is 18.6 Å². The third-order valence-corrected chi connectivity index (χ3v) is 3.34. The maximum absolute atomic E-state index is 11.8. The number of esters is 1. The molecule has 0 saturated heterocycles. The van der Waals surface area contributed by atoms with Crippen molar-refractivity contribution in [3.63, 3.8) is 0 Å². The van der Waals surface area contributed by atoms with E-state index in [9.17, 15) is 9.59 Å². The molecule has 7 heteroatoms. The smallest absolute Gasteiger partial charge is 0.307 e. The monoisotopic (exact) mass is 363 g/mol. The number of hydrogen-bond acceptors (Lipinski definition) is 4. The lowest BCUT2D eigenvalue weighted by molar-refractivity contribution is -0.141. The summed E-state index contributed by atoms with van der Waals surface area (Å²) in [5, 5.41) is 0.421. The molecule has 1 aromatic carbocycles. The highest BCUT2D eigenvalue weighted by molar-refractivity contribution is 9.10. The van der Waals surface area contributed by atoms with Crippen molar-refractivity contribution in [3.05, 3.63) is 27.7 Å². The molecule has 0 heterocycles. The standard InChI is InChI=1S/C13H15BrClNO4/c1-16(6-5-13(18)19-2)12(17)8-20-11-4-3-9(14)7-10(11)15/h3-4,7H,5-6,8H2,1-2H3. The zero-order chi connectivity index (χ0) is 15.1. The third-order valence-electron chi connectivity index (χ3n) is 2.55. The fourth-order valence-corrected chi connectivity index (χ4v) is 2.06. The molecular weight excluding hydrogens is 350 g/mol. The minimum absolute atomic E-state index is 0.140. The molecule has 0 unspecified atom stereocenters. The van der Waals surface area contributed by atoms with Crippen LogP contribution in [0.5, 0.6) is 5.75 Å². The highest BCUT2D eigenvalue weighted by Gasteiger charge is 2.12. The summed E-state index contributed by atoms with van der Waals surface area (Å²) in [4.78, 5) is 24.2. The number of carbonyl (C=O) groups is 2. The van der Waals surface area contributed by atoms with Gasteiger partial charge < -0.3 is 14.4 Å². The molecule has 5 nitrogen and oxygen atoms in total. The number of carbonyl (C=O) groups excluding carboxylic acids is 2. The third kappa shape index (κ3) is 5.38. The molecule has 0 radical (unpaired) electrons. The highest BCUT2D eigenvalue weighted by atomic mass is 79.9. The van der Waals surface area contributed by atoms with E-state index in [-0.39, 0.29) is 31.4 Å². The Labute approximate surface area is 130 Å². The molecule has 0 spiro atoms. The number of amides is 1. The molecular formula is C13H15BrClNO4. The van der Waals surface area contributed by atoms with Crippen molar-refractivity contribution in [2.24, 2.45) is 0 Å². The first-order valence-corrected chi connectivity index (χ1v) is 6.99. The van der Waals surface area contributed by atoms with Crippen molar-refractivity contribution in [2.45, 2.75) is 6.42 Å². The minimum Gasteiger partial charge on any atom is -0.482 e. The second-order valence-electron chi connectivity index (χ2n) is 4.00. The summed E-state index contributed by atoms with van der Waals surface area (Å²) in [7, 11) is 2.90. The van der Waals surface area contributed by atoms with Crippen molar-refractivity contribution < 1.29 is 19.1 Å². The first kappa shape index (κ1) is 16.8.